The quantitative estimate of drug-likeness (QED) is 0.822. The van der Waals surface area contributed by atoms with E-state index < -0.39 is 0 Å². The zero-order valence-corrected chi connectivity index (χ0v) is 9.78. The van der Waals surface area contributed by atoms with Gasteiger partial charge in [-0.1, -0.05) is 0 Å². The summed E-state index contributed by atoms with van der Waals surface area (Å²) in [5, 5.41) is 10.8. The molecule has 0 aliphatic heterocycles. The van der Waals surface area contributed by atoms with Crippen LogP contribution >= 0.6 is 11.3 Å². The molecule has 86 valence electrons. The van der Waals surface area contributed by atoms with Crippen LogP contribution in [0.15, 0.2) is 11.7 Å². The number of aromatic nitrogens is 4. The molecular formula is C9H13N5OS. The first kappa shape index (κ1) is 11.2. The van der Waals surface area contributed by atoms with Crippen LogP contribution in [0.5, 0.6) is 0 Å². The number of rotatable bonds is 5. The summed E-state index contributed by atoms with van der Waals surface area (Å²) < 4.78 is 6.93. The van der Waals surface area contributed by atoms with E-state index in [2.05, 4.69) is 15.2 Å². The zero-order chi connectivity index (χ0) is 11.4. The topological polar surface area (TPSA) is 78.8 Å². The fourth-order valence-electron chi connectivity index (χ4n) is 1.31. The minimum Gasteiger partial charge on any atom is -0.383 e. The van der Waals surface area contributed by atoms with Crippen molar-refractivity contribution in [2.45, 2.75) is 13.1 Å². The Bertz CT molecular complexity index is 452. The summed E-state index contributed by atoms with van der Waals surface area (Å²) in [6.07, 6.45) is 1.68. The predicted octanol–water partition coefficient (Wildman–Crippen LogP) is 0.507. The van der Waals surface area contributed by atoms with E-state index >= 15 is 0 Å². The first-order valence-electron chi connectivity index (χ1n) is 4.86. The van der Waals surface area contributed by atoms with E-state index in [9.17, 15) is 0 Å². The molecule has 0 saturated heterocycles. The lowest BCUT2D eigenvalue weighted by molar-refractivity contribution is 0.187. The largest absolute Gasteiger partial charge is 0.383 e. The second kappa shape index (κ2) is 5.15. The normalized spacial score (nSPS) is 10.9. The minimum atomic E-state index is 0.455. The van der Waals surface area contributed by atoms with Gasteiger partial charge < -0.3 is 15.0 Å². The molecule has 0 radical (unpaired) electrons. The Balaban J connectivity index is 2.22. The number of hydrogen-bond donors (Lipinski definition) is 1. The summed E-state index contributed by atoms with van der Waals surface area (Å²) in [7, 11) is 1.67. The number of nitrogens with two attached hydrogens (primary N) is 1. The van der Waals surface area contributed by atoms with Crippen molar-refractivity contribution in [3.63, 3.8) is 0 Å². The van der Waals surface area contributed by atoms with Gasteiger partial charge in [0.05, 0.1) is 6.61 Å². The summed E-state index contributed by atoms with van der Waals surface area (Å²) >= 11 is 1.53. The summed E-state index contributed by atoms with van der Waals surface area (Å²) in [6, 6.07) is 0. The smallest absolute Gasteiger partial charge is 0.183 e. The highest BCUT2D eigenvalue weighted by atomic mass is 32.1. The highest BCUT2D eigenvalue weighted by Gasteiger charge is 2.10. The van der Waals surface area contributed by atoms with Crippen LogP contribution in [0.4, 0.5) is 0 Å². The van der Waals surface area contributed by atoms with E-state index in [1.165, 1.54) is 11.3 Å². The Morgan fingerprint density at radius 1 is 1.56 bits per heavy atom. The fraction of sp³-hybridized carbons (Fsp3) is 0.444. The molecule has 0 aromatic carbocycles. The molecule has 7 heteroatoms. The third kappa shape index (κ3) is 2.26. The van der Waals surface area contributed by atoms with E-state index in [1.807, 2.05) is 9.95 Å². The molecule has 16 heavy (non-hydrogen) atoms. The first-order valence-corrected chi connectivity index (χ1v) is 5.74. The maximum absolute atomic E-state index is 5.52. The van der Waals surface area contributed by atoms with Gasteiger partial charge in [0.2, 0.25) is 0 Å². The number of nitrogens with zero attached hydrogens (tertiary/aromatic N) is 4. The van der Waals surface area contributed by atoms with Gasteiger partial charge >= 0.3 is 0 Å². The lowest BCUT2D eigenvalue weighted by atomic mass is 10.4. The van der Waals surface area contributed by atoms with Crippen molar-refractivity contribution in [2.75, 3.05) is 13.7 Å². The van der Waals surface area contributed by atoms with Crippen LogP contribution in [0.3, 0.4) is 0 Å². The van der Waals surface area contributed by atoms with Crippen molar-refractivity contribution in [2.24, 2.45) is 5.73 Å². The second-order valence-electron chi connectivity index (χ2n) is 3.17. The molecule has 0 aliphatic carbocycles. The molecule has 2 N–H and O–H groups in total. The van der Waals surface area contributed by atoms with E-state index in [-0.39, 0.29) is 0 Å². The van der Waals surface area contributed by atoms with Crippen LogP contribution in [0, 0.1) is 0 Å². The van der Waals surface area contributed by atoms with E-state index in [0.717, 1.165) is 16.5 Å². The highest BCUT2D eigenvalue weighted by molar-refractivity contribution is 7.09. The number of methoxy groups -OCH3 is 1. The third-order valence-electron chi connectivity index (χ3n) is 2.11. The summed E-state index contributed by atoms with van der Waals surface area (Å²) in [5.74, 6) is 0.757. The van der Waals surface area contributed by atoms with Gasteiger partial charge in [0.1, 0.15) is 17.0 Å². The fourth-order valence-corrected chi connectivity index (χ4v) is 1.97. The van der Waals surface area contributed by atoms with Gasteiger partial charge in [-0.05, 0) is 0 Å². The van der Waals surface area contributed by atoms with Gasteiger partial charge in [0.15, 0.2) is 5.82 Å². The van der Waals surface area contributed by atoms with E-state index in [1.54, 1.807) is 13.4 Å². The average Bonchev–Trinajstić information content (AvgIpc) is 2.94. The molecule has 2 rings (SSSR count). The summed E-state index contributed by atoms with van der Waals surface area (Å²) in [5.41, 5.74) is 6.34. The van der Waals surface area contributed by atoms with Crippen LogP contribution in [0.1, 0.15) is 5.01 Å². The number of ether oxygens (including phenoxy) is 1. The van der Waals surface area contributed by atoms with Crippen molar-refractivity contribution in [3.05, 3.63) is 16.7 Å². The second-order valence-corrected chi connectivity index (χ2v) is 4.11. The van der Waals surface area contributed by atoms with Gasteiger partial charge in [-0.25, -0.2) is 4.98 Å². The maximum atomic E-state index is 5.52. The lowest BCUT2D eigenvalue weighted by Gasteiger charge is -2.02. The lowest BCUT2D eigenvalue weighted by Crippen LogP contribution is -2.05. The van der Waals surface area contributed by atoms with Gasteiger partial charge in [-0.15, -0.1) is 21.5 Å². The first-order chi connectivity index (χ1) is 7.85. The summed E-state index contributed by atoms with van der Waals surface area (Å²) in [4.78, 5) is 4.37. The summed E-state index contributed by atoms with van der Waals surface area (Å²) in [6.45, 7) is 1.80. The van der Waals surface area contributed by atoms with Crippen molar-refractivity contribution in [1.29, 1.82) is 0 Å². The van der Waals surface area contributed by atoms with Crippen LogP contribution < -0.4 is 5.73 Å². The number of hydrogen-bond acceptors (Lipinski definition) is 6. The van der Waals surface area contributed by atoms with E-state index in [0.29, 0.717) is 19.7 Å². The Kier molecular flexibility index (Phi) is 3.60. The third-order valence-corrected chi connectivity index (χ3v) is 2.98. The van der Waals surface area contributed by atoms with Crippen LogP contribution in [-0.2, 0) is 17.8 Å². The molecule has 0 spiro atoms. The molecule has 0 bridgehead atoms. The van der Waals surface area contributed by atoms with Crippen molar-refractivity contribution < 1.29 is 4.74 Å². The molecule has 0 unspecified atom stereocenters. The van der Waals surface area contributed by atoms with Gasteiger partial charge in [0.25, 0.3) is 0 Å². The average molecular weight is 239 g/mol. The Hall–Kier alpha value is -1.31. The standard InChI is InChI=1S/C9H13N5OS/c1-15-3-2-14-6-11-13-9(14)7-5-16-8(4-10)12-7/h5-6H,2-4,10H2,1H3. The zero-order valence-electron chi connectivity index (χ0n) is 8.96. The maximum Gasteiger partial charge on any atom is 0.183 e. The Morgan fingerprint density at radius 3 is 3.12 bits per heavy atom. The van der Waals surface area contributed by atoms with Gasteiger partial charge in [0, 0.05) is 25.6 Å². The van der Waals surface area contributed by atoms with Crippen molar-refractivity contribution >= 4 is 11.3 Å². The molecule has 0 amide bonds. The Morgan fingerprint density at radius 2 is 2.44 bits per heavy atom. The van der Waals surface area contributed by atoms with Crippen molar-refractivity contribution in [1.82, 2.24) is 19.7 Å². The molecule has 0 fully saturated rings. The SMILES string of the molecule is COCCn1cnnc1-c1csc(CN)n1. The highest BCUT2D eigenvalue weighted by Crippen LogP contribution is 2.19. The van der Waals surface area contributed by atoms with Crippen LogP contribution in [0.25, 0.3) is 11.5 Å². The molecule has 6 nitrogen and oxygen atoms in total. The molecule has 2 aromatic heterocycles. The molecule has 2 heterocycles. The molecule has 2 aromatic rings. The minimum absolute atomic E-state index is 0.455. The molecule has 0 aliphatic rings. The monoisotopic (exact) mass is 239 g/mol. The molecular weight excluding hydrogens is 226 g/mol. The Labute approximate surface area is 97.1 Å². The van der Waals surface area contributed by atoms with E-state index in [4.69, 9.17) is 10.5 Å². The van der Waals surface area contributed by atoms with Gasteiger partial charge in [-0.3, -0.25) is 0 Å². The molecule has 0 saturated carbocycles. The van der Waals surface area contributed by atoms with Crippen LogP contribution in [-0.4, -0.2) is 33.5 Å². The van der Waals surface area contributed by atoms with Crippen LogP contribution in [0.2, 0.25) is 0 Å². The number of thiazole rings is 1. The van der Waals surface area contributed by atoms with Gasteiger partial charge in [-0.2, -0.15) is 0 Å². The molecule has 0 atom stereocenters. The predicted molar refractivity (Wildman–Crippen MR) is 60.9 cm³/mol. The van der Waals surface area contributed by atoms with Crippen molar-refractivity contribution in [3.8, 4) is 11.5 Å².